The van der Waals surface area contributed by atoms with Gasteiger partial charge >= 0.3 is 0 Å². The number of amidine groups is 1. The average Bonchev–Trinajstić information content (AvgIpc) is 2.82. The summed E-state index contributed by atoms with van der Waals surface area (Å²) in [5.41, 5.74) is 1.31. The molecule has 3 rings (SSSR count). The summed E-state index contributed by atoms with van der Waals surface area (Å²) in [6.45, 7) is 2.66. The van der Waals surface area contributed by atoms with Gasteiger partial charge in [-0.3, -0.25) is 14.7 Å². The molecule has 0 saturated carbocycles. The second-order valence-electron chi connectivity index (χ2n) is 4.48. The van der Waals surface area contributed by atoms with Crippen molar-refractivity contribution in [3.05, 3.63) is 35.9 Å². The molecule has 0 aromatic heterocycles. The Kier molecular flexibility index (Phi) is 2.06. The highest BCUT2D eigenvalue weighted by atomic mass is 16.2. The molecule has 2 aliphatic heterocycles. The van der Waals surface area contributed by atoms with E-state index in [0.717, 1.165) is 18.8 Å². The highest BCUT2D eigenvalue weighted by Gasteiger charge is 2.39. The van der Waals surface area contributed by atoms with Crippen LogP contribution in [0.15, 0.2) is 35.3 Å². The standard InChI is InChI=1S/C13H14N2O/c1-9-13(16)15-8-11(7-12(15)14-9)10-5-3-2-4-6-10/h2-6,9,11H,7-8H2,1H3/t9-,11+/m0/s1. The van der Waals surface area contributed by atoms with Gasteiger partial charge in [0, 0.05) is 18.9 Å². The van der Waals surface area contributed by atoms with E-state index in [-0.39, 0.29) is 11.9 Å². The number of amides is 1. The molecule has 0 radical (unpaired) electrons. The van der Waals surface area contributed by atoms with E-state index in [1.54, 1.807) is 0 Å². The molecule has 2 aliphatic rings. The van der Waals surface area contributed by atoms with Crippen LogP contribution in [0.1, 0.15) is 24.8 Å². The first-order valence-corrected chi connectivity index (χ1v) is 5.68. The SMILES string of the molecule is C[C@@H]1N=C2C[C@@H](c3ccccc3)CN2C1=O. The number of hydrogen-bond donors (Lipinski definition) is 0. The monoisotopic (exact) mass is 214 g/mol. The van der Waals surface area contributed by atoms with Crippen LogP contribution in [0.2, 0.25) is 0 Å². The Morgan fingerprint density at radius 1 is 1.31 bits per heavy atom. The van der Waals surface area contributed by atoms with Crippen LogP contribution in [0.5, 0.6) is 0 Å². The van der Waals surface area contributed by atoms with E-state index in [9.17, 15) is 4.79 Å². The third-order valence-electron chi connectivity index (χ3n) is 3.38. The number of benzene rings is 1. The van der Waals surface area contributed by atoms with E-state index >= 15 is 0 Å². The van der Waals surface area contributed by atoms with E-state index < -0.39 is 0 Å². The first kappa shape index (κ1) is 9.58. The number of hydrogen-bond acceptors (Lipinski definition) is 2. The number of nitrogens with zero attached hydrogens (tertiary/aromatic N) is 2. The van der Waals surface area contributed by atoms with Crippen molar-refractivity contribution in [3.63, 3.8) is 0 Å². The molecule has 1 fully saturated rings. The molecule has 1 aromatic rings. The molecule has 0 spiro atoms. The highest BCUT2D eigenvalue weighted by Crippen LogP contribution is 2.32. The van der Waals surface area contributed by atoms with Crippen LogP contribution < -0.4 is 0 Å². The molecule has 3 heteroatoms. The molecule has 0 unspecified atom stereocenters. The molecule has 0 N–H and O–H groups in total. The van der Waals surface area contributed by atoms with Gasteiger partial charge in [0.25, 0.3) is 5.91 Å². The summed E-state index contributed by atoms with van der Waals surface area (Å²) in [5, 5.41) is 0. The molecule has 82 valence electrons. The Balaban J connectivity index is 1.85. The van der Waals surface area contributed by atoms with Crippen LogP contribution in [0.25, 0.3) is 0 Å². The molecular weight excluding hydrogens is 200 g/mol. The smallest absolute Gasteiger partial charge is 0.252 e. The van der Waals surface area contributed by atoms with Crippen LogP contribution in [-0.4, -0.2) is 29.2 Å². The predicted molar refractivity (Wildman–Crippen MR) is 62.4 cm³/mol. The summed E-state index contributed by atoms with van der Waals surface area (Å²) >= 11 is 0. The highest BCUT2D eigenvalue weighted by molar-refractivity contribution is 6.07. The van der Waals surface area contributed by atoms with Gasteiger partial charge in [-0.05, 0) is 12.5 Å². The fraction of sp³-hybridized carbons (Fsp3) is 0.385. The van der Waals surface area contributed by atoms with Gasteiger partial charge in [-0.1, -0.05) is 30.3 Å². The summed E-state index contributed by atoms with van der Waals surface area (Å²) < 4.78 is 0. The minimum absolute atomic E-state index is 0.160. The summed E-state index contributed by atoms with van der Waals surface area (Å²) in [7, 11) is 0. The van der Waals surface area contributed by atoms with Gasteiger partial charge in [0.1, 0.15) is 11.9 Å². The lowest BCUT2D eigenvalue weighted by Crippen LogP contribution is -2.30. The first-order valence-electron chi connectivity index (χ1n) is 5.68. The van der Waals surface area contributed by atoms with Crippen molar-refractivity contribution < 1.29 is 4.79 Å². The largest absolute Gasteiger partial charge is 0.298 e. The van der Waals surface area contributed by atoms with Gasteiger partial charge < -0.3 is 0 Å². The lowest BCUT2D eigenvalue weighted by atomic mass is 9.98. The van der Waals surface area contributed by atoms with Gasteiger partial charge in [0.2, 0.25) is 0 Å². The zero-order valence-electron chi connectivity index (χ0n) is 9.26. The second-order valence-corrected chi connectivity index (χ2v) is 4.48. The van der Waals surface area contributed by atoms with Crippen LogP contribution >= 0.6 is 0 Å². The summed E-state index contributed by atoms with van der Waals surface area (Å²) in [4.78, 5) is 18.0. The van der Waals surface area contributed by atoms with Crippen molar-refractivity contribution in [1.29, 1.82) is 0 Å². The second kappa shape index (κ2) is 3.44. The van der Waals surface area contributed by atoms with E-state index in [4.69, 9.17) is 0 Å². The van der Waals surface area contributed by atoms with Gasteiger partial charge in [0.15, 0.2) is 0 Å². The molecule has 2 atom stereocenters. The van der Waals surface area contributed by atoms with Gasteiger partial charge in [-0.15, -0.1) is 0 Å². The van der Waals surface area contributed by atoms with Crippen molar-refractivity contribution in [1.82, 2.24) is 4.90 Å². The van der Waals surface area contributed by atoms with Crippen molar-refractivity contribution in [2.45, 2.75) is 25.3 Å². The molecule has 16 heavy (non-hydrogen) atoms. The zero-order chi connectivity index (χ0) is 11.1. The van der Waals surface area contributed by atoms with Crippen molar-refractivity contribution in [3.8, 4) is 0 Å². The molecular formula is C13H14N2O. The molecule has 1 amide bonds. The number of aliphatic imine (C=N–C) groups is 1. The van der Waals surface area contributed by atoms with Crippen molar-refractivity contribution in [2.24, 2.45) is 4.99 Å². The quantitative estimate of drug-likeness (QED) is 0.701. The Bertz CT molecular complexity index is 452. The Morgan fingerprint density at radius 3 is 2.75 bits per heavy atom. The van der Waals surface area contributed by atoms with E-state index in [2.05, 4.69) is 17.1 Å². The lowest BCUT2D eigenvalue weighted by molar-refractivity contribution is -0.126. The number of fused-ring (bicyclic) bond motifs is 1. The molecule has 2 heterocycles. The molecule has 0 bridgehead atoms. The van der Waals surface area contributed by atoms with Crippen LogP contribution in [0.4, 0.5) is 0 Å². The fourth-order valence-electron chi connectivity index (χ4n) is 2.51. The number of carbonyl (C=O) groups excluding carboxylic acids is 1. The molecule has 1 aromatic carbocycles. The van der Waals surface area contributed by atoms with Crippen LogP contribution in [0.3, 0.4) is 0 Å². The first-order chi connectivity index (χ1) is 7.75. The van der Waals surface area contributed by atoms with Crippen LogP contribution in [0, 0.1) is 0 Å². The van der Waals surface area contributed by atoms with E-state index in [1.807, 2.05) is 30.0 Å². The maximum atomic E-state index is 11.8. The van der Waals surface area contributed by atoms with Gasteiger partial charge in [-0.2, -0.15) is 0 Å². The third kappa shape index (κ3) is 1.35. The Morgan fingerprint density at radius 2 is 2.06 bits per heavy atom. The van der Waals surface area contributed by atoms with E-state index in [0.29, 0.717) is 5.92 Å². The predicted octanol–water partition coefficient (Wildman–Crippen LogP) is 1.80. The Hall–Kier alpha value is -1.64. The van der Waals surface area contributed by atoms with Gasteiger partial charge in [0.05, 0.1) is 0 Å². The lowest BCUT2D eigenvalue weighted by Gasteiger charge is -2.13. The van der Waals surface area contributed by atoms with Crippen molar-refractivity contribution >= 4 is 11.7 Å². The fourth-order valence-corrected chi connectivity index (χ4v) is 2.51. The number of carbonyl (C=O) groups is 1. The van der Waals surface area contributed by atoms with Crippen LogP contribution in [-0.2, 0) is 4.79 Å². The van der Waals surface area contributed by atoms with Crippen molar-refractivity contribution in [2.75, 3.05) is 6.54 Å². The maximum Gasteiger partial charge on any atom is 0.252 e. The molecule has 1 saturated heterocycles. The maximum absolute atomic E-state index is 11.8. The molecule has 0 aliphatic carbocycles. The topological polar surface area (TPSA) is 32.7 Å². The third-order valence-corrected chi connectivity index (χ3v) is 3.38. The number of rotatable bonds is 1. The normalized spacial score (nSPS) is 28.2. The summed E-state index contributed by atoms with van der Waals surface area (Å²) in [5.74, 6) is 1.57. The zero-order valence-corrected chi connectivity index (χ0v) is 9.26. The summed E-state index contributed by atoms with van der Waals surface area (Å²) in [6, 6.07) is 10.2. The average molecular weight is 214 g/mol. The minimum atomic E-state index is -0.160. The van der Waals surface area contributed by atoms with E-state index in [1.165, 1.54) is 5.56 Å². The summed E-state index contributed by atoms with van der Waals surface area (Å²) in [6.07, 6.45) is 0.903. The van der Waals surface area contributed by atoms with Gasteiger partial charge in [-0.25, -0.2) is 0 Å². The Labute approximate surface area is 94.8 Å². The molecule has 3 nitrogen and oxygen atoms in total. The minimum Gasteiger partial charge on any atom is -0.298 e.